The highest BCUT2D eigenvalue weighted by atomic mass is 16.6. The normalized spacial score (nSPS) is 24.8. The van der Waals surface area contributed by atoms with E-state index in [1.54, 1.807) is 12.1 Å². The van der Waals surface area contributed by atoms with Crippen LogP contribution in [-0.2, 0) is 6.42 Å². The smallest absolute Gasteiger partial charge is 0.269 e. The minimum Gasteiger partial charge on any atom is -0.313 e. The lowest BCUT2D eigenvalue weighted by molar-refractivity contribution is -0.384. The van der Waals surface area contributed by atoms with Crippen LogP contribution in [0.4, 0.5) is 5.69 Å². The average molecular weight is 276 g/mol. The Morgan fingerprint density at radius 1 is 1.30 bits per heavy atom. The number of nitrogens with one attached hydrogen (secondary N) is 1. The van der Waals surface area contributed by atoms with E-state index in [1.807, 2.05) is 12.1 Å². The third-order valence-electron chi connectivity index (χ3n) is 4.30. The number of hydrogen-bond acceptors (Lipinski definition) is 3. The van der Waals surface area contributed by atoms with E-state index in [1.165, 1.54) is 12.8 Å². The Kier molecular flexibility index (Phi) is 4.43. The molecule has 20 heavy (non-hydrogen) atoms. The molecule has 1 fully saturated rings. The van der Waals surface area contributed by atoms with E-state index in [0.29, 0.717) is 11.5 Å². The summed E-state index contributed by atoms with van der Waals surface area (Å²) in [6.07, 6.45) is 3.43. The number of non-ortho nitro benzene ring substituents is 1. The molecule has 1 aromatic carbocycles. The average Bonchev–Trinajstić information content (AvgIpc) is 2.63. The second kappa shape index (κ2) is 5.92. The van der Waals surface area contributed by atoms with Crippen molar-refractivity contribution in [3.8, 4) is 0 Å². The van der Waals surface area contributed by atoms with Crippen molar-refractivity contribution in [2.45, 2.75) is 46.1 Å². The van der Waals surface area contributed by atoms with Gasteiger partial charge in [0.1, 0.15) is 0 Å². The van der Waals surface area contributed by atoms with Crippen LogP contribution in [0.2, 0.25) is 0 Å². The summed E-state index contributed by atoms with van der Waals surface area (Å²) in [5.74, 6) is 0.724. The number of hydrogen-bond donors (Lipinski definition) is 1. The van der Waals surface area contributed by atoms with E-state index in [9.17, 15) is 10.1 Å². The van der Waals surface area contributed by atoms with Gasteiger partial charge in [-0.15, -0.1) is 0 Å². The van der Waals surface area contributed by atoms with Gasteiger partial charge in [-0.05, 0) is 42.7 Å². The summed E-state index contributed by atoms with van der Waals surface area (Å²) in [5.41, 5.74) is 1.76. The van der Waals surface area contributed by atoms with Gasteiger partial charge >= 0.3 is 0 Å². The highest BCUT2D eigenvalue weighted by Crippen LogP contribution is 2.40. The molecule has 2 rings (SSSR count). The van der Waals surface area contributed by atoms with E-state index in [-0.39, 0.29) is 10.6 Å². The third-order valence-corrected chi connectivity index (χ3v) is 4.30. The van der Waals surface area contributed by atoms with Gasteiger partial charge < -0.3 is 5.32 Å². The van der Waals surface area contributed by atoms with Gasteiger partial charge in [-0.2, -0.15) is 0 Å². The molecule has 1 aliphatic rings. The van der Waals surface area contributed by atoms with Gasteiger partial charge in [0.05, 0.1) is 4.92 Å². The summed E-state index contributed by atoms with van der Waals surface area (Å²) in [4.78, 5) is 10.2. The Morgan fingerprint density at radius 2 is 1.95 bits per heavy atom. The van der Waals surface area contributed by atoms with E-state index < -0.39 is 0 Å². The van der Waals surface area contributed by atoms with Crippen molar-refractivity contribution < 1.29 is 4.92 Å². The highest BCUT2D eigenvalue weighted by molar-refractivity contribution is 5.32. The first-order valence-corrected chi connectivity index (χ1v) is 7.34. The monoisotopic (exact) mass is 276 g/mol. The number of nitro groups is 1. The molecule has 0 spiro atoms. The van der Waals surface area contributed by atoms with Crippen molar-refractivity contribution in [1.29, 1.82) is 0 Å². The number of nitro benzene ring substituents is 1. The molecule has 1 aromatic rings. The molecule has 0 aromatic heterocycles. The van der Waals surface area contributed by atoms with Crippen LogP contribution in [-0.4, -0.2) is 17.5 Å². The summed E-state index contributed by atoms with van der Waals surface area (Å²) in [5, 5.41) is 14.2. The minimum absolute atomic E-state index is 0.160. The molecule has 0 bridgehead atoms. The molecule has 1 N–H and O–H groups in total. The first kappa shape index (κ1) is 15.0. The van der Waals surface area contributed by atoms with Crippen molar-refractivity contribution in [3.63, 3.8) is 0 Å². The zero-order chi connectivity index (χ0) is 14.8. The molecule has 4 nitrogen and oxygen atoms in total. The van der Waals surface area contributed by atoms with Crippen LogP contribution in [0.3, 0.4) is 0 Å². The molecule has 110 valence electrons. The summed E-state index contributed by atoms with van der Waals surface area (Å²) < 4.78 is 0. The molecule has 0 heterocycles. The van der Waals surface area contributed by atoms with Gasteiger partial charge in [-0.1, -0.05) is 32.9 Å². The van der Waals surface area contributed by atoms with E-state index in [4.69, 9.17) is 0 Å². The lowest BCUT2D eigenvalue weighted by Gasteiger charge is -2.18. The van der Waals surface area contributed by atoms with Crippen LogP contribution in [0.15, 0.2) is 24.3 Å². The van der Waals surface area contributed by atoms with Crippen LogP contribution in [0.5, 0.6) is 0 Å². The van der Waals surface area contributed by atoms with E-state index >= 15 is 0 Å². The van der Waals surface area contributed by atoms with Gasteiger partial charge in [0.15, 0.2) is 0 Å². The van der Waals surface area contributed by atoms with Crippen molar-refractivity contribution >= 4 is 5.69 Å². The SMILES string of the molecule is CC1CC(C)(C)CC1NCCc1ccc([N+](=O)[O-])cc1. The maximum absolute atomic E-state index is 10.6. The second-order valence-electron chi connectivity index (χ2n) is 6.78. The fourth-order valence-electron chi connectivity index (χ4n) is 3.35. The van der Waals surface area contributed by atoms with Crippen molar-refractivity contribution in [3.05, 3.63) is 39.9 Å². The Hall–Kier alpha value is -1.42. The number of rotatable bonds is 5. The second-order valence-corrected chi connectivity index (χ2v) is 6.78. The van der Waals surface area contributed by atoms with Crippen LogP contribution in [0, 0.1) is 21.4 Å². The standard InChI is InChI=1S/C16H24N2O2/c1-12-10-16(2,3)11-15(12)17-9-8-13-4-6-14(7-5-13)18(19)20/h4-7,12,15,17H,8-11H2,1-3H3. The number of nitrogens with zero attached hydrogens (tertiary/aromatic N) is 1. The molecule has 0 radical (unpaired) electrons. The first-order valence-electron chi connectivity index (χ1n) is 7.34. The van der Waals surface area contributed by atoms with Gasteiger partial charge in [0.2, 0.25) is 0 Å². The largest absolute Gasteiger partial charge is 0.313 e. The van der Waals surface area contributed by atoms with Gasteiger partial charge in [0.25, 0.3) is 5.69 Å². The molecular formula is C16H24N2O2. The molecule has 2 atom stereocenters. The lowest BCUT2D eigenvalue weighted by atomic mass is 9.91. The van der Waals surface area contributed by atoms with Gasteiger partial charge in [-0.25, -0.2) is 0 Å². The molecule has 2 unspecified atom stereocenters. The Morgan fingerprint density at radius 3 is 2.45 bits per heavy atom. The predicted molar refractivity (Wildman–Crippen MR) is 80.8 cm³/mol. The zero-order valence-electron chi connectivity index (χ0n) is 12.6. The predicted octanol–water partition coefficient (Wildman–Crippen LogP) is 3.55. The molecule has 0 aliphatic heterocycles. The van der Waals surface area contributed by atoms with E-state index in [0.717, 1.165) is 24.4 Å². The maximum atomic E-state index is 10.6. The first-order chi connectivity index (χ1) is 9.37. The number of benzene rings is 1. The molecule has 0 amide bonds. The lowest BCUT2D eigenvalue weighted by Crippen LogP contribution is -2.33. The van der Waals surface area contributed by atoms with Crippen molar-refractivity contribution in [2.24, 2.45) is 11.3 Å². The summed E-state index contributed by atoms with van der Waals surface area (Å²) in [6.45, 7) is 7.92. The van der Waals surface area contributed by atoms with Crippen LogP contribution < -0.4 is 5.32 Å². The van der Waals surface area contributed by atoms with Crippen molar-refractivity contribution in [1.82, 2.24) is 5.32 Å². The van der Waals surface area contributed by atoms with Gasteiger partial charge in [0, 0.05) is 18.2 Å². The van der Waals surface area contributed by atoms with Crippen LogP contribution >= 0.6 is 0 Å². The summed E-state index contributed by atoms with van der Waals surface area (Å²) >= 11 is 0. The highest BCUT2D eigenvalue weighted by Gasteiger charge is 2.35. The Bertz CT molecular complexity index is 468. The molecule has 4 heteroatoms. The molecule has 1 aliphatic carbocycles. The maximum Gasteiger partial charge on any atom is 0.269 e. The third kappa shape index (κ3) is 3.79. The fraction of sp³-hybridized carbons (Fsp3) is 0.625. The Labute approximate surface area is 120 Å². The summed E-state index contributed by atoms with van der Waals surface area (Å²) in [7, 11) is 0. The quantitative estimate of drug-likeness (QED) is 0.661. The molecule has 0 saturated heterocycles. The van der Waals surface area contributed by atoms with Crippen LogP contribution in [0.25, 0.3) is 0 Å². The molecule has 1 saturated carbocycles. The van der Waals surface area contributed by atoms with Crippen molar-refractivity contribution in [2.75, 3.05) is 6.54 Å². The zero-order valence-corrected chi connectivity index (χ0v) is 12.6. The fourth-order valence-corrected chi connectivity index (χ4v) is 3.35. The Balaban J connectivity index is 1.80. The minimum atomic E-state index is -0.357. The summed E-state index contributed by atoms with van der Waals surface area (Å²) in [6, 6.07) is 7.46. The topological polar surface area (TPSA) is 55.2 Å². The van der Waals surface area contributed by atoms with Crippen LogP contribution in [0.1, 0.15) is 39.2 Å². The van der Waals surface area contributed by atoms with Gasteiger partial charge in [-0.3, -0.25) is 10.1 Å². The molecular weight excluding hydrogens is 252 g/mol. The van der Waals surface area contributed by atoms with E-state index in [2.05, 4.69) is 26.1 Å².